The summed E-state index contributed by atoms with van der Waals surface area (Å²) in [5.41, 5.74) is 9.79. The molecule has 0 atom stereocenters. The molecule has 3 aromatic heterocycles. The predicted molar refractivity (Wildman–Crippen MR) is 182 cm³/mol. The van der Waals surface area contributed by atoms with Crippen molar-refractivity contribution >= 4 is 49.3 Å². The van der Waals surface area contributed by atoms with Crippen molar-refractivity contribution in [3.8, 4) is 27.9 Å². The monoisotopic (exact) mass is 563 g/mol. The van der Waals surface area contributed by atoms with Crippen LogP contribution in [0.4, 0.5) is 0 Å². The molecule has 0 aliphatic carbocycles. The van der Waals surface area contributed by atoms with Crippen molar-refractivity contribution in [2.45, 2.75) is 0 Å². The van der Waals surface area contributed by atoms with E-state index in [0.717, 1.165) is 71.8 Å². The molecule has 9 rings (SSSR count). The fourth-order valence-electron chi connectivity index (χ4n) is 6.75. The van der Waals surface area contributed by atoms with Gasteiger partial charge in [-0.25, -0.2) is 4.98 Å². The van der Waals surface area contributed by atoms with Crippen LogP contribution >= 0.6 is 0 Å². The molecular formula is C40H25N3O. The van der Waals surface area contributed by atoms with Crippen LogP contribution in [0.1, 0.15) is 0 Å². The summed E-state index contributed by atoms with van der Waals surface area (Å²) in [4.78, 5) is 19.9. The number of benzene rings is 6. The molecule has 0 aliphatic rings. The van der Waals surface area contributed by atoms with Gasteiger partial charge in [-0.2, -0.15) is 0 Å². The molecule has 0 saturated carbocycles. The second-order valence-corrected chi connectivity index (χ2v) is 11.2. The number of imidazole rings is 1. The van der Waals surface area contributed by atoms with Crippen LogP contribution in [0, 0.1) is 0 Å². The molecule has 6 aromatic carbocycles. The van der Waals surface area contributed by atoms with Gasteiger partial charge in [0.05, 0.1) is 22.1 Å². The van der Waals surface area contributed by atoms with Crippen molar-refractivity contribution in [2.75, 3.05) is 0 Å². The Bertz CT molecular complexity index is 2620. The molecule has 4 heteroatoms. The molecular weight excluding hydrogens is 538 g/mol. The number of nitrogens with zero attached hydrogens (tertiary/aromatic N) is 3. The van der Waals surface area contributed by atoms with Gasteiger partial charge >= 0.3 is 0 Å². The summed E-state index contributed by atoms with van der Waals surface area (Å²) in [5.74, 6) is 0. The molecule has 0 amide bonds. The lowest BCUT2D eigenvalue weighted by Gasteiger charge is -2.18. The fourth-order valence-corrected chi connectivity index (χ4v) is 6.75. The Hall–Kier alpha value is -6.00. The largest absolute Gasteiger partial charge is 0.289 e. The van der Waals surface area contributed by atoms with Gasteiger partial charge in [-0.1, -0.05) is 127 Å². The van der Waals surface area contributed by atoms with E-state index in [4.69, 9.17) is 4.98 Å². The summed E-state index contributed by atoms with van der Waals surface area (Å²) in [6.45, 7) is 0. The van der Waals surface area contributed by atoms with Gasteiger partial charge in [0, 0.05) is 32.8 Å². The van der Waals surface area contributed by atoms with Gasteiger partial charge in [-0.3, -0.25) is 13.8 Å². The van der Waals surface area contributed by atoms with E-state index in [0.29, 0.717) is 5.39 Å². The Kier molecular flexibility index (Phi) is 5.32. The van der Waals surface area contributed by atoms with Gasteiger partial charge in [-0.15, -0.1) is 0 Å². The van der Waals surface area contributed by atoms with Crippen molar-refractivity contribution < 1.29 is 0 Å². The van der Waals surface area contributed by atoms with Gasteiger partial charge in [0.15, 0.2) is 0 Å². The minimum atomic E-state index is -0.0442. The third-order valence-electron chi connectivity index (χ3n) is 8.69. The van der Waals surface area contributed by atoms with Crippen molar-refractivity contribution in [3.63, 3.8) is 0 Å². The third-order valence-corrected chi connectivity index (χ3v) is 8.69. The molecule has 9 aromatic rings. The van der Waals surface area contributed by atoms with E-state index < -0.39 is 0 Å². The van der Waals surface area contributed by atoms with Crippen LogP contribution in [0.5, 0.6) is 0 Å². The average Bonchev–Trinajstić information content (AvgIpc) is 3.49. The normalized spacial score (nSPS) is 11.7. The zero-order valence-corrected chi connectivity index (χ0v) is 23.7. The summed E-state index contributed by atoms with van der Waals surface area (Å²) in [6, 6.07) is 51.6. The maximum atomic E-state index is 14.5. The molecule has 0 radical (unpaired) electrons. The van der Waals surface area contributed by atoms with Crippen LogP contribution in [-0.4, -0.2) is 14.0 Å². The standard InChI is InChI=1S/C40H25N3O/c44-40-34-22-10-8-20-32(34)38-37(42(40)29-18-11-17-28(25-29)26-13-3-1-4-14-26)31-19-7-9-21-33(31)39-41-36-30(27-15-5-2-6-16-27)23-12-24-35(36)43(38)39/h1-25H. The molecule has 44 heavy (non-hydrogen) atoms. The molecule has 0 saturated heterocycles. The average molecular weight is 564 g/mol. The quantitative estimate of drug-likeness (QED) is 0.201. The number of hydrogen-bond acceptors (Lipinski definition) is 2. The molecule has 3 heterocycles. The lowest BCUT2D eigenvalue weighted by Crippen LogP contribution is -2.20. The van der Waals surface area contributed by atoms with Gasteiger partial charge in [0.25, 0.3) is 5.56 Å². The maximum absolute atomic E-state index is 14.5. The molecule has 0 N–H and O–H groups in total. The topological polar surface area (TPSA) is 39.3 Å². The maximum Gasteiger partial charge on any atom is 0.263 e. The highest BCUT2D eigenvalue weighted by Gasteiger charge is 2.22. The SMILES string of the molecule is O=c1c2ccccc2c2c(c3ccccc3c3nc4c(-c5ccccc5)cccc4n32)n1-c1cccc(-c2ccccc2)c1. The first-order valence-corrected chi connectivity index (χ1v) is 14.8. The highest BCUT2D eigenvalue weighted by molar-refractivity contribution is 6.19. The van der Waals surface area contributed by atoms with Crippen LogP contribution in [0.2, 0.25) is 0 Å². The zero-order valence-electron chi connectivity index (χ0n) is 23.7. The fraction of sp³-hybridized carbons (Fsp3) is 0. The number of rotatable bonds is 3. The Morgan fingerprint density at radius 1 is 0.477 bits per heavy atom. The summed E-state index contributed by atoms with van der Waals surface area (Å²) >= 11 is 0. The van der Waals surface area contributed by atoms with E-state index in [1.165, 1.54) is 0 Å². The van der Waals surface area contributed by atoms with Crippen LogP contribution in [0.3, 0.4) is 0 Å². The van der Waals surface area contributed by atoms with Crippen molar-refractivity contribution in [1.82, 2.24) is 14.0 Å². The smallest absolute Gasteiger partial charge is 0.263 e. The van der Waals surface area contributed by atoms with E-state index in [-0.39, 0.29) is 5.56 Å². The summed E-state index contributed by atoms with van der Waals surface area (Å²) in [6.07, 6.45) is 0. The summed E-state index contributed by atoms with van der Waals surface area (Å²) in [7, 11) is 0. The predicted octanol–water partition coefficient (Wildman–Crippen LogP) is 9.43. The highest BCUT2D eigenvalue weighted by Crippen LogP contribution is 2.38. The van der Waals surface area contributed by atoms with Crippen molar-refractivity contribution in [3.05, 3.63) is 162 Å². The van der Waals surface area contributed by atoms with Crippen molar-refractivity contribution in [2.24, 2.45) is 0 Å². The lowest BCUT2D eigenvalue weighted by molar-refractivity contribution is 1.06. The second-order valence-electron chi connectivity index (χ2n) is 11.2. The molecule has 0 fully saturated rings. The van der Waals surface area contributed by atoms with Crippen molar-refractivity contribution in [1.29, 1.82) is 0 Å². The molecule has 0 unspecified atom stereocenters. The van der Waals surface area contributed by atoms with Gasteiger partial charge in [-0.05, 0) is 41.0 Å². The Morgan fingerprint density at radius 2 is 1.07 bits per heavy atom. The molecule has 0 aliphatic heterocycles. The van der Waals surface area contributed by atoms with E-state index in [1.54, 1.807) is 0 Å². The van der Waals surface area contributed by atoms with E-state index in [9.17, 15) is 4.79 Å². The molecule has 0 bridgehead atoms. The van der Waals surface area contributed by atoms with Crippen LogP contribution < -0.4 is 5.56 Å². The second kappa shape index (κ2) is 9.51. The first-order valence-electron chi connectivity index (χ1n) is 14.8. The number of pyridine rings is 2. The van der Waals surface area contributed by atoms with Gasteiger partial charge in [0.2, 0.25) is 0 Å². The summed E-state index contributed by atoms with van der Waals surface area (Å²) < 4.78 is 4.16. The third kappa shape index (κ3) is 3.52. The van der Waals surface area contributed by atoms with E-state index in [1.807, 2.05) is 71.3 Å². The minimum Gasteiger partial charge on any atom is -0.289 e. The lowest BCUT2D eigenvalue weighted by atomic mass is 10.0. The molecule has 0 spiro atoms. The number of para-hydroxylation sites is 1. The minimum absolute atomic E-state index is 0.0442. The van der Waals surface area contributed by atoms with Crippen LogP contribution in [-0.2, 0) is 0 Å². The summed E-state index contributed by atoms with van der Waals surface area (Å²) in [5, 5.41) is 3.56. The van der Waals surface area contributed by atoms with Crippen LogP contribution in [0.25, 0.3) is 77.2 Å². The van der Waals surface area contributed by atoms with E-state index in [2.05, 4.69) is 89.3 Å². The Balaban J connectivity index is 1.52. The Morgan fingerprint density at radius 3 is 1.82 bits per heavy atom. The number of hydrogen-bond donors (Lipinski definition) is 0. The van der Waals surface area contributed by atoms with Gasteiger partial charge in [0.1, 0.15) is 5.65 Å². The first kappa shape index (κ1) is 24.6. The van der Waals surface area contributed by atoms with Gasteiger partial charge < -0.3 is 0 Å². The zero-order chi connectivity index (χ0) is 29.2. The molecule has 4 nitrogen and oxygen atoms in total. The van der Waals surface area contributed by atoms with E-state index >= 15 is 0 Å². The number of aromatic nitrogens is 3. The first-order chi connectivity index (χ1) is 21.8. The molecule has 206 valence electrons. The highest BCUT2D eigenvalue weighted by atomic mass is 16.1. The Labute approximate surface area is 252 Å². The number of fused-ring (bicyclic) bond motifs is 10. The van der Waals surface area contributed by atoms with Crippen LogP contribution in [0.15, 0.2) is 156 Å².